The van der Waals surface area contributed by atoms with Crippen molar-refractivity contribution in [2.45, 2.75) is 31.7 Å². The van der Waals surface area contributed by atoms with E-state index >= 15 is 0 Å². The maximum absolute atomic E-state index is 12.4. The molecule has 2 atom stereocenters. The number of carbonyl (C=O) groups excluding carboxylic acids is 1. The summed E-state index contributed by atoms with van der Waals surface area (Å²) in [4.78, 5) is 22.1. The van der Waals surface area contributed by atoms with Crippen LogP contribution >= 0.6 is 0 Å². The van der Waals surface area contributed by atoms with E-state index in [9.17, 15) is 4.79 Å². The van der Waals surface area contributed by atoms with Crippen LogP contribution in [0.2, 0.25) is 0 Å². The first-order valence-electron chi connectivity index (χ1n) is 11.4. The number of nitrogens with zero attached hydrogens (tertiary/aromatic N) is 2. The van der Waals surface area contributed by atoms with Crippen molar-refractivity contribution in [3.63, 3.8) is 0 Å². The van der Waals surface area contributed by atoms with Gasteiger partial charge in [0.1, 0.15) is 17.1 Å². The van der Waals surface area contributed by atoms with Crippen molar-refractivity contribution in [3.8, 4) is 11.5 Å². The Balaban J connectivity index is 1.30. The van der Waals surface area contributed by atoms with E-state index in [-0.39, 0.29) is 17.9 Å². The number of carbonyl (C=O) groups is 1. The van der Waals surface area contributed by atoms with Crippen LogP contribution in [-0.2, 0) is 11.2 Å². The van der Waals surface area contributed by atoms with Gasteiger partial charge in [0.15, 0.2) is 0 Å². The van der Waals surface area contributed by atoms with Crippen LogP contribution in [0.1, 0.15) is 29.0 Å². The second kappa shape index (κ2) is 9.08. The van der Waals surface area contributed by atoms with Gasteiger partial charge in [-0.25, -0.2) is 4.98 Å². The molecular weight excluding hydrogens is 412 g/mol. The minimum Gasteiger partial charge on any atom is -0.457 e. The molecule has 168 valence electrons. The number of nitrogens with one attached hydrogen (secondary N) is 1. The Kier molecular flexibility index (Phi) is 5.84. The molecule has 1 fully saturated rings. The second-order valence-electron chi connectivity index (χ2n) is 8.69. The molecule has 2 aromatic heterocycles. The molecule has 1 aliphatic rings. The summed E-state index contributed by atoms with van der Waals surface area (Å²) in [6.45, 7) is 3.72. The first kappa shape index (κ1) is 21.2. The number of primary amides is 1. The third kappa shape index (κ3) is 4.34. The maximum atomic E-state index is 12.4. The Morgan fingerprint density at radius 3 is 2.70 bits per heavy atom. The number of hydrogen-bond acceptors (Lipinski definition) is 4. The molecule has 0 saturated carbocycles. The lowest BCUT2D eigenvalue weighted by Crippen LogP contribution is -2.43. The van der Waals surface area contributed by atoms with Gasteiger partial charge in [0.2, 0.25) is 5.91 Å². The Hall–Kier alpha value is -3.64. The van der Waals surface area contributed by atoms with Gasteiger partial charge in [0.05, 0.1) is 11.4 Å². The van der Waals surface area contributed by atoms with Crippen LogP contribution in [0.25, 0.3) is 11.0 Å². The van der Waals surface area contributed by atoms with Crippen molar-refractivity contribution in [3.05, 3.63) is 89.7 Å². The van der Waals surface area contributed by atoms with E-state index in [1.165, 1.54) is 5.56 Å². The summed E-state index contributed by atoms with van der Waals surface area (Å²) in [5, 5.41) is 0.986. The molecule has 1 aliphatic heterocycles. The SMILES string of the molecule is Cc1c[nH]c2nccc(Oc3ccc([C@H]4CCN(CCc5ccccc5)[C@@H]4C(N)=O)cc3)c12. The summed E-state index contributed by atoms with van der Waals surface area (Å²) in [5.41, 5.74) is 10.2. The predicted octanol–water partition coefficient (Wildman–Crippen LogP) is 4.55. The van der Waals surface area contributed by atoms with Crippen molar-refractivity contribution in [1.29, 1.82) is 0 Å². The number of amides is 1. The zero-order valence-electron chi connectivity index (χ0n) is 18.7. The molecule has 1 saturated heterocycles. The minimum atomic E-state index is -0.289. The van der Waals surface area contributed by atoms with E-state index in [1.54, 1.807) is 6.20 Å². The zero-order valence-corrected chi connectivity index (χ0v) is 18.7. The Morgan fingerprint density at radius 1 is 1.15 bits per heavy atom. The van der Waals surface area contributed by atoms with Gasteiger partial charge in [-0.3, -0.25) is 9.69 Å². The molecule has 2 aromatic carbocycles. The summed E-state index contributed by atoms with van der Waals surface area (Å²) in [6, 6.07) is 20.0. The first-order valence-corrected chi connectivity index (χ1v) is 11.4. The number of aryl methyl sites for hydroxylation is 1. The van der Waals surface area contributed by atoms with Gasteiger partial charge in [-0.15, -0.1) is 0 Å². The highest BCUT2D eigenvalue weighted by Gasteiger charge is 2.38. The van der Waals surface area contributed by atoms with E-state index in [4.69, 9.17) is 10.5 Å². The smallest absolute Gasteiger partial charge is 0.235 e. The molecular formula is C27H28N4O2. The summed E-state index contributed by atoms with van der Waals surface area (Å²) in [5.74, 6) is 1.36. The number of likely N-dealkylation sites (tertiary alicyclic amines) is 1. The lowest BCUT2D eigenvalue weighted by molar-refractivity contribution is -0.122. The standard InChI is InChI=1S/C27H28N4O2/c1-18-17-30-27-24(18)23(11-14-29-27)33-21-9-7-20(8-10-21)22-13-16-31(25(22)26(28)32)15-12-19-5-3-2-4-6-19/h2-11,14,17,22,25H,12-13,15-16H2,1H3,(H2,28,32)(H,29,30)/t22-,25+/m1/s1. The van der Waals surface area contributed by atoms with E-state index in [0.29, 0.717) is 0 Å². The topological polar surface area (TPSA) is 84.2 Å². The number of aromatic nitrogens is 2. The van der Waals surface area contributed by atoms with Gasteiger partial charge in [0.25, 0.3) is 0 Å². The third-order valence-electron chi connectivity index (χ3n) is 6.59. The van der Waals surface area contributed by atoms with Crippen LogP contribution in [-0.4, -0.2) is 39.9 Å². The van der Waals surface area contributed by atoms with Crippen molar-refractivity contribution in [1.82, 2.24) is 14.9 Å². The summed E-state index contributed by atoms with van der Waals surface area (Å²) in [7, 11) is 0. The van der Waals surface area contributed by atoms with Crippen LogP contribution in [0.5, 0.6) is 11.5 Å². The van der Waals surface area contributed by atoms with Gasteiger partial charge in [-0.05, 0) is 61.2 Å². The van der Waals surface area contributed by atoms with Crippen LogP contribution in [0.4, 0.5) is 0 Å². The van der Waals surface area contributed by atoms with Gasteiger partial charge < -0.3 is 15.5 Å². The van der Waals surface area contributed by atoms with Crippen LogP contribution < -0.4 is 10.5 Å². The molecule has 33 heavy (non-hydrogen) atoms. The number of fused-ring (bicyclic) bond motifs is 1. The molecule has 0 spiro atoms. The van der Waals surface area contributed by atoms with Crippen molar-refractivity contribution < 1.29 is 9.53 Å². The van der Waals surface area contributed by atoms with E-state index in [2.05, 4.69) is 39.1 Å². The molecule has 3 N–H and O–H groups in total. The number of aromatic amines is 1. The van der Waals surface area contributed by atoms with Crippen molar-refractivity contribution in [2.75, 3.05) is 13.1 Å². The number of rotatable bonds is 7. The number of ether oxygens (including phenoxy) is 1. The van der Waals surface area contributed by atoms with E-state index < -0.39 is 0 Å². The summed E-state index contributed by atoms with van der Waals surface area (Å²) < 4.78 is 6.17. The highest BCUT2D eigenvalue weighted by atomic mass is 16.5. The van der Waals surface area contributed by atoms with Crippen LogP contribution in [0, 0.1) is 6.92 Å². The maximum Gasteiger partial charge on any atom is 0.235 e. The highest BCUT2D eigenvalue weighted by molar-refractivity contribution is 5.86. The molecule has 0 unspecified atom stereocenters. The fourth-order valence-electron chi connectivity index (χ4n) is 4.93. The minimum absolute atomic E-state index is 0.0897. The van der Waals surface area contributed by atoms with Crippen molar-refractivity contribution in [2.24, 2.45) is 5.73 Å². The third-order valence-corrected chi connectivity index (χ3v) is 6.59. The molecule has 6 heteroatoms. The quantitative estimate of drug-likeness (QED) is 0.442. The molecule has 4 aromatic rings. The molecule has 3 heterocycles. The molecule has 5 rings (SSSR count). The average molecular weight is 441 g/mol. The van der Waals surface area contributed by atoms with Gasteiger partial charge in [0, 0.05) is 24.9 Å². The second-order valence-corrected chi connectivity index (χ2v) is 8.69. The van der Waals surface area contributed by atoms with Crippen LogP contribution in [0.15, 0.2) is 73.1 Å². The average Bonchev–Trinajstić information content (AvgIpc) is 3.43. The molecule has 0 radical (unpaired) electrons. The largest absolute Gasteiger partial charge is 0.457 e. The zero-order chi connectivity index (χ0) is 22.8. The fraction of sp³-hybridized carbons (Fsp3) is 0.259. The van der Waals surface area contributed by atoms with Crippen LogP contribution in [0.3, 0.4) is 0 Å². The summed E-state index contributed by atoms with van der Waals surface area (Å²) >= 11 is 0. The Bertz CT molecular complexity index is 1250. The highest BCUT2D eigenvalue weighted by Crippen LogP contribution is 2.36. The predicted molar refractivity (Wildman–Crippen MR) is 129 cm³/mol. The number of H-pyrrole nitrogens is 1. The summed E-state index contributed by atoms with van der Waals surface area (Å²) in [6.07, 6.45) is 5.49. The van der Waals surface area contributed by atoms with Crippen molar-refractivity contribution >= 4 is 16.9 Å². The first-order chi connectivity index (χ1) is 16.1. The molecule has 6 nitrogen and oxygen atoms in total. The lowest BCUT2D eigenvalue weighted by atomic mass is 9.91. The normalized spacial score (nSPS) is 18.6. The molecule has 0 bridgehead atoms. The lowest BCUT2D eigenvalue weighted by Gasteiger charge is -2.26. The molecule has 0 aliphatic carbocycles. The Labute approximate surface area is 193 Å². The number of nitrogens with two attached hydrogens (primary N) is 1. The number of pyridine rings is 1. The van der Waals surface area contributed by atoms with E-state index in [0.717, 1.165) is 59.6 Å². The monoisotopic (exact) mass is 440 g/mol. The van der Waals surface area contributed by atoms with Gasteiger partial charge in [-0.1, -0.05) is 42.5 Å². The number of hydrogen-bond donors (Lipinski definition) is 2. The fourth-order valence-corrected chi connectivity index (χ4v) is 4.93. The molecule has 1 amide bonds. The van der Waals surface area contributed by atoms with Gasteiger partial charge >= 0.3 is 0 Å². The number of benzene rings is 2. The van der Waals surface area contributed by atoms with Gasteiger partial charge in [-0.2, -0.15) is 0 Å². The Morgan fingerprint density at radius 2 is 1.94 bits per heavy atom. The van der Waals surface area contributed by atoms with E-state index in [1.807, 2.05) is 49.5 Å².